The van der Waals surface area contributed by atoms with E-state index < -0.39 is 34.8 Å². The summed E-state index contributed by atoms with van der Waals surface area (Å²) in [7, 11) is 0. The molecule has 4 N–H and O–H groups in total. The average Bonchev–Trinajstić information content (AvgIpc) is 3.30. The molecule has 3 rings (SSSR count). The van der Waals surface area contributed by atoms with Crippen molar-refractivity contribution < 1.29 is 33.7 Å². The Morgan fingerprint density at radius 3 is 2.78 bits per heavy atom. The SMILES string of the molecule is C=C[N+](=C/C=C\C)CC1=C(C(=O)O)N2C(=O)[C@@H](NC(=O)/C(=N\OC(C)(C)C=O)c3csc(N)n3)C2SC1. The van der Waals surface area contributed by atoms with Gasteiger partial charge in [0, 0.05) is 16.7 Å². The number of nitrogens with two attached hydrogens (primary N) is 1. The number of rotatable bonds is 11. The number of β-lactam (4-membered cyclic amide) rings is 1. The van der Waals surface area contributed by atoms with Crippen LogP contribution in [-0.2, 0) is 24.0 Å². The second kappa shape index (κ2) is 11.5. The second-order valence-electron chi connectivity index (χ2n) is 8.47. The van der Waals surface area contributed by atoms with Gasteiger partial charge in [-0.15, -0.1) is 23.1 Å². The number of fused-ring (bicyclic) bond motifs is 1. The van der Waals surface area contributed by atoms with Crippen LogP contribution in [0.15, 0.2) is 46.7 Å². The third-order valence-electron chi connectivity index (χ3n) is 5.25. The van der Waals surface area contributed by atoms with Crippen LogP contribution in [0, 0.1) is 0 Å². The van der Waals surface area contributed by atoms with Gasteiger partial charge in [0.2, 0.25) is 0 Å². The number of hydrogen-bond acceptors (Lipinski definition) is 10. The van der Waals surface area contributed by atoms with Crippen molar-refractivity contribution in [3.8, 4) is 0 Å². The van der Waals surface area contributed by atoms with Crippen LogP contribution in [0.25, 0.3) is 0 Å². The Labute approximate surface area is 221 Å². The Hall–Kier alpha value is -3.78. The van der Waals surface area contributed by atoms with E-state index in [4.69, 9.17) is 10.6 Å². The summed E-state index contributed by atoms with van der Waals surface area (Å²) in [5.74, 6) is -2.26. The zero-order chi connectivity index (χ0) is 27.3. The van der Waals surface area contributed by atoms with Crippen LogP contribution in [0.4, 0.5) is 5.13 Å². The summed E-state index contributed by atoms with van der Waals surface area (Å²) in [5.41, 5.74) is 4.64. The Morgan fingerprint density at radius 1 is 1.49 bits per heavy atom. The quantitative estimate of drug-likeness (QED) is 0.120. The largest absolute Gasteiger partial charge is 0.477 e. The van der Waals surface area contributed by atoms with Gasteiger partial charge in [-0.1, -0.05) is 11.2 Å². The van der Waals surface area contributed by atoms with Crippen molar-refractivity contribution in [1.29, 1.82) is 0 Å². The van der Waals surface area contributed by atoms with Gasteiger partial charge in [-0.25, -0.2) is 14.4 Å². The number of anilines is 1. The summed E-state index contributed by atoms with van der Waals surface area (Å²) in [6, 6.07) is -1.00. The lowest BCUT2D eigenvalue weighted by molar-refractivity contribution is -0.441. The first-order valence-electron chi connectivity index (χ1n) is 11.0. The van der Waals surface area contributed by atoms with Crippen molar-refractivity contribution in [2.45, 2.75) is 37.8 Å². The third kappa shape index (κ3) is 6.14. The fraction of sp³-hybridized carbons (Fsp3) is 0.348. The van der Waals surface area contributed by atoms with Gasteiger partial charge in [-0.05, 0) is 33.4 Å². The molecule has 1 aromatic heterocycles. The van der Waals surface area contributed by atoms with Gasteiger partial charge in [0.15, 0.2) is 41.7 Å². The number of allylic oxidation sites excluding steroid dienone is 2. The summed E-state index contributed by atoms with van der Waals surface area (Å²) in [6.45, 7) is 8.75. The molecule has 1 fully saturated rings. The normalized spacial score (nSPS) is 20.4. The number of carboxylic acid groups (broad SMARTS) is 1. The number of thiazole rings is 1. The van der Waals surface area contributed by atoms with Crippen molar-refractivity contribution in [2.75, 3.05) is 18.0 Å². The van der Waals surface area contributed by atoms with E-state index in [2.05, 4.69) is 22.0 Å². The molecule has 12 nitrogen and oxygen atoms in total. The lowest BCUT2D eigenvalue weighted by atomic mass is 10.0. The number of amides is 2. The van der Waals surface area contributed by atoms with Crippen molar-refractivity contribution in [3.05, 3.63) is 47.3 Å². The molecular formula is C23H27N6O6S2+. The number of nitrogen functional groups attached to an aromatic ring is 1. The highest BCUT2D eigenvalue weighted by molar-refractivity contribution is 8.00. The van der Waals surface area contributed by atoms with Gasteiger partial charge >= 0.3 is 5.97 Å². The number of oxime groups is 1. The molecule has 0 radical (unpaired) electrons. The summed E-state index contributed by atoms with van der Waals surface area (Å²) in [4.78, 5) is 59.9. The lowest BCUT2D eigenvalue weighted by Gasteiger charge is -2.49. The number of hydrogen-bond donors (Lipinski definition) is 3. The molecule has 0 aliphatic carbocycles. The maximum atomic E-state index is 13.1. The maximum absolute atomic E-state index is 13.1. The van der Waals surface area contributed by atoms with E-state index in [0.717, 1.165) is 11.3 Å². The van der Waals surface area contributed by atoms with Crippen LogP contribution >= 0.6 is 23.1 Å². The lowest BCUT2D eigenvalue weighted by Crippen LogP contribution is -2.71. The Kier molecular flexibility index (Phi) is 8.65. The summed E-state index contributed by atoms with van der Waals surface area (Å²) < 4.78 is 1.71. The monoisotopic (exact) mass is 547 g/mol. The van der Waals surface area contributed by atoms with Gasteiger partial charge in [-0.3, -0.25) is 19.3 Å². The van der Waals surface area contributed by atoms with Crippen LogP contribution in [0.5, 0.6) is 0 Å². The van der Waals surface area contributed by atoms with E-state index in [9.17, 15) is 24.3 Å². The molecule has 0 saturated carbocycles. The Bertz CT molecular complexity index is 1250. The van der Waals surface area contributed by atoms with E-state index in [0.29, 0.717) is 17.6 Å². The Morgan fingerprint density at radius 2 is 2.22 bits per heavy atom. The second-order valence-corrected chi connectivity index (χ2v) is 10.5. The van der Waals surface area contributed by atoms with Crippen molar-refractivity contribution >= 4 is 64.2 Å². The highest BCUT2D eigenvalue weighted by Gasteiger charge is 2.54. The highest BCUT2D eigenvalue weighted by atomic mass is 32.2. The molecule has 2 amide bonds. The molecule has 1 unspecified atom stereocenters. The first kappa shape index (κ1) is 27.8. The maximum Gasteiger partial charge on any atom is 0.352 e. The molecule has 3 heterocycles. The molecular weight excluding hydrogens is 520 g/mol. The zero-order valence-corrected chi connectivity index (χ0v) is 22.0. The van der Waals surface area contributed by atoms with Crippen molar-refractivity contribution in [2.24, 2.45) is 5.16 Å². The van der Waals surface area contributed by atoms with Gasteiger partial charge in [-0.2, -0.15) is 0 Å². The van der Waals surface area contributed by atoms with E-state index >= 15 is 0 Å². The van der Waals surface area contributed by atoms with Crippen molar-refractivity contribution in [1.82, 2.24) is 15.2 Å². The fourth-order valence-corrected chi connectivity index (χ4v) is 5.28. The topological polar surface area (TPSA) is 167 Å². The number of thioether (sulfide) groups is 1. The highest BCUT2D eigenvalue weighted by Crippen LogP contribution is 2.40. The van der Waals surface area contributed by atoms with Crippen LogP contribution in [0.1, 0.15) is 26.5 Å². The van der Waals surface area contributed by atoms with Crippen LogP contribution in [0.3, 0.4) is 0 Å². The van der Waals surface area contributed by atoms with Crippen LogP contribution in [0.2, 0.25) is 0 Å². The number of carbonyl (C=O) groups is 4. The molecule has 2 aliphatic heterocycles. The smallest absolute Gasteiger partial charge is 0.352 e. The van der Waals surface area contributed by atoms with Gasteiger partial charge in [0.05, 0.1) is 0 Å². The molecule has 2 aliphatic rings. The number of aliphatic carboxylic acids is 1. The minimum atomic E-state index is -1.31. The van der Waals surface area contributed by atoms with E-state index in [1.54, 1.807) is 23.1 Å². The number of aldehydes is 1. The molecule has 1 saturated heterocycles. The Balaban J connectivity index is 1.84. The van der Waals surface area contributed by atoms with Gasteiger partial charge < -0.3 is 21.0 Å². The summed E-state index contributed by atoms with van der Waals surface area (Å²) >= 11 is 2.40. The molecule has 0 aromatic carbocycles. The summed E-state index contributed by atoms with van der Waals surface area (Å²) in [6.07, 6.45) is 7.44. The number of carboxylic acids is 1. The summed E-state index contributed by atoms with van der Waals surface area (Å²) in [5, 5.41) is 17.3. The number of nitrogens with one attached hydrogen (secondary N) is 1. The predicted molar refractivity (Wildman–Crippen MR) is 140 cm³/mol. The van der Waals surface area contributed by atoms with Crippen LogP contribution < -0.4 is 11.1 Å². The van der Waals surface area contributed by atoms with Gasteiger partial charge in [0.1, 0.15) is 22.8 Å². The average molecular weight is 548 g/mol. The molecule has 0 bridgehead atoms. The molecule has 0 spiro atoms. The molecule has 14 heteroatoms. The van der Waals surface area contributed by atoms with Crippen molar-refractivity contribution in [3.63, 3.8) is 0 Å². The van der Waals surface area contributed by atoms with E-state index in [1.165, 1.54) is 35.9 Å². The number of aromatic nitrogens is 1. The number of carbonyl (C=O) groups excluding carboxylic acids is 3. The third-order valence-corrected chi connectivity index (χ3v) is 7.26. The zero-order valence-electron chi connectivity index (χ0n) is 20.4. The van der Waals surface area contributed by atoms with Crippen LogP contribution in [-0.4, -0.2) is 84.9 Å². The predicted octanol–water partition coefficient (Wildman–Crippen LogP) is 0.965. The van der Waals surface area contributed by atoms with E-state index in [1.807, 2.05) is 13.0 Å². The number of nitrogens with zero attached hydrogens (tertiary/aromatic N) is 4. The first-order valence-corrected chi connectivity index (χ1v) is 12.9. The minimum absolute atomic E-state index is 0.108. The molecule has 196 valence electrons. The molecule has 2 atom stereocenters. The first-order chi connectivity index (χ1) is 17.5. The standard InChI is InChI=1S/C23H26N6O6S2/c1-5-7-8-28(6-2)9-13-10-36-20-16(19(32)29(20)17(13)21(33)34)26-18(31)15(14-11-37-22(24)25-14)27-35-23(3,4)12-30/h5-8,11-12,16,20H,2,9-10H2,1,3-4H3,(H3-,24,25,26,31,33,34)/p+1/b7-5-,27-15-,28-8?/t16-,20?/m1/s1. The van der Waals surface area contributed by atoms with Gasteiger partial charge in [0.25, 0.3) is 11.8 Å². The molecule has 37 heavy (non-hydrogen) atoms. The van der Waals surface area contributed by atoms with E-state index in [-0.39, 0.29) is 28.8 Å². The minimum Gasteiger partial charge on any atom is -0.477 e. The molecule has 1 aromatic rings. The fourth-order valence-electron chi connectivity index (χ4n) is 3.40.